The van der Waals surface area contributed by atoms with Crippen LogP contribution in [-0.2, 0) is 4.79 Å². The van der Waals surface area contributed by atoms with Gasteiger partial charge in [0.15, 0.2) is 0 Å². The lowest BCUT2D eigenvalue weighted by Crippen LogP contribution is -2.38. The van der Waals surface area contributed by atoms with Crippen LogP contribution in [0.15, 0.2) is 50.7 Å². The molecule has 0 spiro atoms. The van der Waals surface area contributed by atoms with E-state index in [1.54, 1.807) is 19.1 Å². The number of carboxylic acids is 1. The summed E-state index contributed by atoms with van der Waals surface area (Å²) < 4.78 is 11.4. The van der Waals surface area contributed by atoms with E-state index in [2.05, 4.69) is 20.8 Å². The summed E-state index contributed by atoms with van der Waals surface area (Å²) in [6.07, 6.45) is 3.53. The molecule has 0 unspecified atom stereocenters. The van der Waals surface area contributed by atoms with Gasteiger partial charge in [0.1, 0.15) is 11.3 Å². The van der Waals surface area contributed by atoms with Crippen LogP contribution in [0.2, 0.25) is 0 Å². The second kappa shape index (κ2) is 8.44. The minimum absolute atomic E-state index is 0.0751. The number of hydrogen-bond acceptors (Lipinski definition) is 4. The molecule has 1 heterocycles. The number of carbonyl (C=O) groups is 1. The third-order valence-corrected chi connectivity index (χ3v) is 6.58. The largest absolute Gasteiger partial charge is 0.493 e. The summed E-state index contributed by atoms with van der Waals surface area (Å²) in [5.41, 5.74) is 2.83. The number of rotatable bonds is 7. The Bertz CT molecular complexity index is 986. The van der Waals surface area contributed by atoms with Crippen molar-refractivity contribution in [1.29, 1.82) is 0 Å². The zero-order valence-corrected chi connectivity index (χ0v) is 17.7. The lowest BCUT2D eigenvalue weighted by atomic mass is 9.64. The molecule has 0 fully saturated rings. The summed E-state index contributed by atoms with van der Waals surface area (Å²) in [6.45, 7) is 8.89. The maximum Gasteiger partial charge on any atom is 0.336 e. The first kappa shape index (κ1) is 21.2. The molecular formula is C24H30O5. The predicted molar refractivity (Wildman–Crippen MR) is 113 cm³/mol. The first-order valence-electron chi connectivity index (χ1n) is 10.3. The normalized spacial score (nSPS) is 23.2. The number of benzene rings is 1. The Balaban J connectivity index is 1.77. The van der Waals surface area contributed by atoms with Gasteiger partial charge in [0.05, 0.1) is 12.5 Å². The van der Waals surface area contributed by atoms with Crippen LogP contribution in [0.3, 0.4) is 0 Å². The van der Waals surface area contributed by atoms with Crippen molar-refractivity contribution in [2.45, 2.75) is 53.4 Å². The highest BCUT2D eigenvalue weighted by molar-refractivity contribution is 5.77. The van der Waals surface area contributed by atoms with Gasteiger partial charge in [-0.15, -0.1) is 0 Å². The van der Waals surface area contributed by atoms with Gasteiger partial charge in [-0.05, 0) is 63.6 Å². The molecule has 1 aliphatic rings. The van der Waals surface area contributed by atoms with E-state index in [1.165, 1.54) is 17.2 Å². The topological polar surface area (TPSA) is 76.7 Å². The van der Waals surface area contributed by atoms with E-state index >= 15 is 0 Å². The molecule has 0 aliphatic heterocycles. The third kappa shape index (κ3) is 4.72. The Morgan fingerprint density at radius 1 is 1.31 bits per heavy atom. The number of aliphatic carboxylic acids is 1. The molecular weight excluding hydrogens is 368 g/mol. The van der Waals surface area contributed by atoms with Crippen LogP contribution in [0, 0.1) is 17.3 Å². The highest BCUT2D eigenvalue weighted by atomic mass is 16.5. The smallest absolute Gasteiger partial charge is 0.336 e. The van der Waals surface area contributed by atoms with Crippen molar-refractivity contribution >= 4 is 16.9 Å². The monoisotopic (exact) mass is 398 g/mol. The van der Waals surface area contributed by atoms with Crippen molar-refractivity contribution < 1.29 is 19.1 Å². The molecule has 0 saturated heterocycles. The maximum atomic E-state index is 11.5. The molecule has 0 saturated carbocycles. The predicted octanol–water partition coefficient (Wildman–Crippen LogP) is 5.43. The summed E-state index contributed by atoms with van der Waals surface area (Å²) in [7, 11) is 0. The van der Waals surface area contributed by atoms with Crippen LogP contribution in [0.25, 0.3) is 11.0 Å². The van der Waals surface area contributed by atoms with Crippen LogP contribution in [0.5, 0.6) is 5.75 Å². The van der Waals surface area contributed by atoms with Crippen LogP contribution >= 0.6 is 0 Å². The summed E-state index contributed by atoms with van der Waals surface area (Å²) in [5, 5.41) is 10.1. The minimum Gasteiger partial charge on any atom is -0.493 e. The molecule has 3 rings (SSSR count). The van der Waals surface area contributed by atoms with Gasteiger partial charge in [0.2, 0.25) is 0 Å². The lowest BCUT2D eigenvalue weighted by Gasteiger charge is -2.43. The molecule has 5 nitrogen and oxygen atoms in total. The van der Waals surface area contributed by atoms with E-state index in [-0.39, 0.29) is 22.9 Å². The minimum atomic E-state index is -0.741. The maximum absolute atomic E-state index is 11.5. The number of fused-ring (bicyclic) bond motifs is 1. The summed E-state index contributed by atoms with van der Waals surface area (Å²) in [4.78, 5) is 22.7. The lowest BCUT2D eigenvalue weighted by molar-refractivity contribution is -0.141. The second-order valence-corrected chi connectivity index (χ2v) is 8.73. The Morgan fingerprint density at radius 3 is 2.76 bits per heavy atom. The van der Waals surface area contributed by atoms with Crippen molar-refractivity contribution in [3.05, 3.63) is 51.9 Å². The van der Waals surface area contributed by atoms with E-state index < -0.39 is 5.97 Å². The van der Waals surface area contributed by atoms with Gasteiger partial charge in [0.25, 0.3) is 0 Å². The average Bonchev–Trinajstić information content (AvgIpc) is 2.69. The van der Waals surface area contributed by atoms with Gasteiger partial charge < -0.3 is 14.3 Å². The van der Waals surface area contributed by atoms with Crippen molar-refractivity contribution in [3.63, 3.8) is 0 Å². The molecule has 3 atom stereocenters. The van der Waals surface area contributed by atoms with Crippen molar-refractivity contribution in [1.82, 2.24) is 0 Å². The van der Waals surface area contributed by atoms with Gasteiger partial charge in [-0.3, -0.25) is 4.79 Å². The number of carboxylic acid groups (broad SMARTS) is 1. The Labute approximate surface area is 171 Å². The average molecular weight is 398 g/mol. The van der Waals surface area contributed by atoms with E-state index in [4.69, 9.17) is 9.15 Å². The quantitative estimate of drug-likeness (QED) is 0.497. The third-order valence-electron chi connectivity index (χ3n) is 6.58. The van der Waals surface area contributed by atoms with Crippen LogP contribution in [0.1, 0.15) is 53.4 Å². The first-order chi connectivity index (χ1) is 13.7. The number of hydrogen-bond donors (Lipinski definition) is 1. The highest BCUT2D eigenvalue weighted by Crippen LogP contribution is 2.47. The molecule has 0 radical (unpaired) electrons. The Hall–Kier alpha value is -2.56. The number of ether oxygens (including phenoxy) is 1. The first-order valence-corrected chi connectivity index (χ1v) is 10.3. The van der Waals surface area contributed by atoms with Crippen molar-refractivity contribution in [2.24, 2.45) is 17.3 Å². The van der Waals surface area contributed by atoms with Gasteiger partial charge >= 0.3 is 11.6 Å². The van der Waals surface area contributed by atoms with E-state index in [0.29, 0.717) is 24.4 Å². The molecule has 0 bridgehead atoms. The fourth-order valence-corrected chi connectivity index (χ4v) is 4.32. The van der Waals surface area contributed by atoms with Gasteiger partial charge in [-0.2, -0.15) is 0 Å². The molecule has 1 aromatic carbocycles. The zero-order valence-electron chi connectivity index (χ0n) is 17.7. The summed E-state index contributed by atoms with van der Waals surface area (Å²) in [6, 6.07) is 8.69. The van der Waals surface area contributed by atoms with Crippen LogP contribution < -0.4 is 10.4 Å². The second-order valence-electron chi connectivity index (χ2n) is 8.73. The van der Waals surface area contributed by atoms with Crippen LogP contribution in [-0.4, -0.2) is 17.7 Å². The molecule has 1 aromatic heterocycles. The van der Waals surface area contributed by atoms with Crippen LogP contribution in [0.4, 0.5) is 0 Å². The zero-order chi connectivity index (χ0) is 21.2. The molecule has 0 amide bonds. The Morgan fingerprint density at radius 2 is 2.03 bits per heavy atom. The van der Waals surface area contributed by atoms with Crippen molar-refractivity contribution in [3.8, 4) is 5.75 Å². The van der Waals surface area contributed by atoms with E-state index in [0.717, 1.165) is 24.6 Å². The van der Waals surface area contributed by atoms with Gasteiger partial charge in [0, 0.05) is 22.9 Å². The molecule has 1 aliphatic carbocycles. The number of allylic oxidation sites excluding steroid dienone is 2. The van der Waals surface area contributed by atoms with E-state index in [1.807, 2.05) is 12.1 Å². The summed E-state index contributed by atoms with van der Waals surface area (Å²) >= 11 is 0. The fourth-order valence-electron chi connectivity index (χ4n) is 4.32. The van der Waals surface area contributed by atoms with Crippen molar-refractivity contribution in [2.75, 3.05) is 6.61 Å². The summed E-state index contributed by atoms with van der Waals surface area (Å²) in [5.74, 6) is -0.126. The molecule has 5 heteroatoms. The SMILES string of the molecule is CC1=C(C)[C@H](CC[C@H](C)C(=O)O)[C@](C)(COc2ccc3ccc(=O)oc3c2)CC1. The molecule has 29 heavy (non-hydrogen) atoms. The highest BCUT2D eigenvalue weighted by Gasteiger charge is 2.39. The Kier molecular flexibility index (Phi) is 6.15. The standard InChI is InChI=1S/C24H30O5/c1-15-11-12-24(4,20(17(15)3)9-5-16(2)23(26)27)14-28-19-8-6-18-7-10-22(25)29-21(18)13-19/h6-8,10,13,16,20H,5,9,11-12,14H2,1-4H3,(H,26,27)/t16-,20-,24-/m0/s1. The van der Waals surface area contributed by atoms with Gasteiger partial charge in [-0.1, -0.05) is 25.0 Å². The van der Waals surface area contributed by atoms with E-state index in [9.17, 15) is 14.7 Å². The molecule has 156 valence electrons. The molecule has 2 aromatic rings. The van der Waals surface area contributed by atoms with Gasteiger partial charge in [-0.25, -0.2) is 4.79 Å². The molecule has 1 N–H and O–H groups in total. The fraction of sp³-hybridized carbons (Fsp3) is 0.500.